The number of hydrogen-bond donors (Lipinski definition) is 1. The summed E-state index contributed by atoms with van der Waals surface area (Å²) >= 11 is 0. The SMILES string of the molecule is CCNC(=NCc1ccc(C(=O)OC)c(OC)c1)N1CCC(Oc2ccccc2)CC1.I. The molecule has 7 nitrogen and oxygen atoms in total. The first-order valence-electron chi connectivity index (χ1n) is 10.6. The summed E-state index contributed by atoms with van der Waals surface area (Å²) in [6.07, 6.45) is 2.11. The molecule has 0 radical (unpaired) electrons. The van der Waals surface area contributed by atoms with Gasteiger partial charge in [0.1, 0.15) is 23.2 Å². The third kappa shape index (κ3) is 7.01. The number of likely N-dealkylation sites (tertiary alicyclic amines) is 1. The third-order valence-corrected chi connectivity index (χ3v) is 5.21. The Bertz CT molecular complexity index is 884. The highest BCUT2D eigenvalue weighted by atomic mass is 127. The number of ether oxygens (including phenoxy) is 3. The topological polar surface area (TPSA) is 72.4 Å². The number of para-hydroxylation sites is 1. The van der Waals surface area contributed by atoms with Crippen LogP contribution in [0, 0.1) is 0 Å². The van der Waals surface area contributed by atoms with Gasteiger partial charge in [0.15, 0.2) is 5.96 Å². The third-order valence-electron chi connectivity index (χ3n) is 5.21. The average molecular weight is 553 g/mol. The van der Waals surface area contributed by atoms with Crippen molar-refractivity contribution in [2.45, 2.75) is 32.4 Å². The van der Waals surface area contributed by atoms with E-state index >= 15 is 0 Å². The van der Waals surface area contributed by atoms with Crippen molar-refractivity contribution in [1.82, 2.24) is 10.2 Å². The second-order valence-electron chi connectivity index (χ2n) is 7.31. The van der Waals surface area contributed by atoms with Gasteiger partial charge in [-0.15, -0.1) is 24.0 Å². The number of hydrogen-bond acceptors (Lipinski definition) is 5. The molecule has 8 heteroatoms. The van der Waals surface area contributed by atoms with Crippen molar-refractivity contribution in [2.75, 3.05) is 33.9 Å². The summed E-state index contributed by atoms with van der Waals surface area (Å²) in [6, 6.07) is 15.4. The zero-order chi connectivity index (χ0) is 22.1. The van der Waals surface area contributed by atoms with E-state index in [1.807, 2.05) is 42.5 Å². The van der Waals surface area contributed by atoms with Crippen molar-refractivity contribution >= 4 is 35.9 Å². The smallest absolute Gasteiger partial charge is 0.341 e. The van der Waals surface area contributed by atoms with Crippen molar-refractivity contribution in [2.24, 2.45) is 4.99 Å². The van der Waals surface area contributed by atoms with Crippen LogP contribution >= 0.6 is 24.0 Å². The first-order chi connectivity index (χ1) is 15.1. The van der Waals surface area contributed by atoms with Gasteiger partial charge in [0.25, 0.3) is 0 Å². The Morgan fingerprint density at radius 3 is 2.47 bits per heavy atom. The monoisotopic (exact) mass is 553 g/mol. The quantitative estimate of drug-likeness (QED) is 0.241. The standard InChI is InChI=1S/C24H31N3O4.HI/c1-4-25-24(26-17-18-10-11-21(23(28)30-3)22(16-18)29-2)27-14-12-20(13-15-27)31-19-8-6-5-7-9-19;/h5-11,16,20H,4,12-15,17H2,1-3H3,(H,25,26);1H. The molecular weight excluding hydrogens is 521 g/mol. The molecule has 0 amide bonds. The van der Waals surface area contributed by atoms with E-state index in [9.17, 15) is 4.79 Å². The molecule has 0 unspecified atom stereocenters. The van der Waals surface area contributed by atoms with Crippen LogP contribution in [0.25, 0.3) is 0 Å². The van der Waals surface area contributed by atoms with Crippen molar-refractivity contribution in [3.8, 4) is 11.5 Å². The van der Waals surface area contributed by atoms with Crippen LogP contribution in [0.2, 0.25) is 0 Å². The molecule has 0 bridgehead atoms. The van der Waals surface area contributed by atoms with Crippen LogP contribution in [0.3, 0.4) is 0 Å². The Morgan fingerprint density at radius 1 is 1.12 bits per heavy atom. The first kappa shape index (κ1) is 25.8. The fraction of sp³-hybridized carbons (Fsp3) is 0.417. The maximum Gasteiger partial charge on any atom is 0.341 e. The molecule has 1 aliphatic heterocycles. The van der Waals surface area contributed by atoms with E-state index in [0.29, 0.717) is 17.9 Å². The summed E-state index contributed by atoms with van der Waals surface area (Å²) in [6.45, 7) is 5.11. The second kappa shape index (κ2) is 13.1. The van der Waals surface area contributed by atoms with Crippen molar-refractivity contribution in [3.05, 3.63) is 59.7 Å². The van der Waals surface area contributed by atoms with Crippen molar-refractivity contribution in [3.63, 3.8) is 0 Å². The maximum absolute atomic E-state index is 11.8. The Kier molecular flexibility index (Phi) is 10.6. The fourth-order valence-corrected chi connectivity index (χ4v) is 3.58. The van der Waals surface area contributed by atoms with Gasteiger partial charge >= 0.3 is 5.97 Å². The summed E-state index contributed by atoms with van der Waals surface area (Å²) in [5, 5.41) is 3.38. The lowest BCUT2D eigenvalue weighted by Gasteiger charge is -2.34. The number of benzene rings is 2. The van der Waals surface area contributed by atoms with Gasteiger partial charge in [0.05, 0.1) is 20.8 Å². The molecule has 32 heavy (non-hydrogen) atoms. The number of nitrogens with one attached hydrogen (secondary N) is 1. The van der Waals surface area contributed by atoms with E-state index in [1.165, 1.54) is 7.11 Å². The summed E-state index contributed by atoms with van der Waals surface area (Å²) < 4.78 is 16.3. The van der Waals surface area contributed by atoms with E-state index in [1.54, 1.807) is 13.2 Å². The average Bonchev–Trinajstić information content (AvgIpc) is 2.82. The van der Waals surface area contributed by atoms with Gasteiger partial charge in [-0.05, 0) is 36.8 Å². The molecule has 1 fully saturated rings. The molecule has 2 aromatic rings. The van der Waals surface area contributed by atoms with Gasteiger partial charge < -0.3 is 24.4 Å². The van der Waals surface area contributed by atoms with Crippen LogP contribution in [-0.4, -0.2) is 56.8 Å². The number of nitrogens with zero attached hydrogens (tertiary/aromatic N) is 2. The molecule has 174 valence electrons. The molecule has 1 aliphatic rings. The molecule has 2 aromatic carbocycles. The zero-order valence-corrected chi connectivity index (χ0v) is 21.2. The van der Waals surface area contributed by atoms with E-state index in [4.69, 9.17) is 19.2 Å². The molecule has 1 heterocycles. The molecule has 3 rings (SSSR count). The lowest BCUT2D eigenvalue weighted by Crippen LogP contribution is -2.47. The predicted molar refractivity (Wildman–Crippen MR) is 136 cm³/mol. The molecule has 1 saturated heterocycles. The minimum atomic E-state index is -0.416. The summed E-state index contributed by atoms with van der Waals surface area (Å²) in [7, 11) is 2.90. The van der Waals surface area contributed by atoms with Crippen LogP contribution in [0.1, 0.15) is 35.7 Å². The van der Waals surface area contributed by atoms with Crippen LogP contribution < -0.4 is 14.8 Å². The van der Waals surface area contributed by atoms with Gasteiger partial charge in [0, 0.05) is 32.5 Å². The lowest BCUT2D eigenvalue weighted by atomic mass is 10.1. The normalized spacial score (nSPS) is 14.3. The Labute approximate surface area is 207 Å². The van der Waals surface area contributed by atoms with Crippen LogP contribution in [-0.2, 0) is 11.3 Å². The number of methoxy groups -OCH3 is 2. The van der Waals surface area contributed by atoms with Gasteiger partial charge in [-0.3, -0.25) is 0 Å². The van der Waals surface area contributed by atoms with E-state index in [2.05, 4.69) is 17.1 Å². The Hall–Kier alpha value is -2.49. The number of aliphatic imine (C=N–C) groups is 1. The zero-order valence-electron chi connectivity index (χ0n) is 18.9. The molecule has 0 aromatic heterocycles. The number of guanidine groups is 1. The number of piperidine rings is 1. The van der Waals surface area contributed by atoms with Crippen molar-refractivity contribution in [1.29, 1.82) is 0 Å². The number of esters is 1. The molecule has 0 aliphatic carbocycles. The van der Waals surface area contributed by atoms with Gasteiger partial charge in [-0.1, -0.05) is 24.3 Å². The van der Waals surface area contributed by atoms with E-state index in [0.717, 1.165) is 49.7 Å². The second-order valence-corrected chi connectivity index (χ2v) is 7.31. The minimum Gasteiger partial charge on any atom is -0.496 e. The minimum absolute atomic E-state index is 0. The molecule has 0 spiro atoms. The highest BCUT2D eigenvalue weighted by Crippen LogP contribution is 2.22. The summed E-state index contributed by atoms with van der Waals surface area (Å²) in [5.74, 6) is 1.88. The summed E-state index contributed by atoms with van der Waals surface area (Å²) in [5.41, 5.74) is 1.37. The molecular formula is C24H32IN3O4. The van der Waals surface area contributed by atoms with E-state index in [-0.39, 0.29) is 30.1 Å². The van der Waals surface area contributed by atoms with Gasteiger partial charge in [-0.25, -0.2) is 9.79 Å². The Balaban J connectivity index is 0.00000363. The highest BCUT2D eigenvalue weighted by molar-refractivity contribution is 14.0. The first-order valence-corrected chi connectivity index (χ1v) is 10.6. The Morgan fingerprint density at radius 2 is 1.84 bits per heavy atom. The van der Waals surface area contributed by atoms with Crippen LogP contribution in [0.5, 0.6) is 11.5 Å². The van der Waals surface area contributed by atoms with E-state index < -0.39 is 5.97 Å². The highest BCUT2D eigenvalue weighted by Gasteiger charge is 2.22. The van der Waals surface area contributed by atoms with Gasteiger partial charge in [0.2, 0.25) is 0 Å². The number of carbonyl (C=O) groups excluding carboxylic acids is 1. The molecule has 0 atom stereocenters. The maximum atomic E-state index is 11.8. The van der Waals surface area contributed by atoms with Crippen molar-refractivity contribution < 1.29 is 19.0 Å². The largest absolute Gasteiger partial charge is 0.496 e. The lowest BCUT2D eigenvalue weighted by molar-refractivity contribution is 0.0597. The van der Waals surface area contributed by atoms with Gasteiger partial charge in [-0.2, -0.15) is 0 Å². The number of rotatable bonds is 7. The predicted octanol–water partition coefficient (Wildman–Crippen LogP) is 4.11. The summed E-state index contributed by atoms with van der Waals surface area (Å²) in [4.78, 5) is 18.9. The fourth-order valence-electron chi connectivity index (χ4n) is 3.58. The number of halogens is 1. The van der Waals surface area contributed by atoms with Crippen LogP contribution in [0.4, 0.5) is 0 Å². The molecule has 0 saturated carbocycles. The number of carbonyl (C=O) groups is 1. The van der Waals surface area contributed by atoms with Crippen LogP contribution in [0.15, 0.2) is 53.5 Å². The molecule has 1 N–H and O–H groups in total.